The van der Waals surface area contributed by atoms with Gasteiger partial charge in [0.15, 0.2) is 11.8 Å². The Labute approximate surface area is 113 Å². The van der Waals surface area contributed by atoms with Gasteiger partial charge in [-0.05, 0) is 25.7 Å². The molecule has 0 radical (unpaired) electrons. The number of nitrogens with one attached hydrogen (secondary N) is 2. The van der Waals surface area contributed by atoms with Crippen molar-refractivity contribution in [3.63, 3.8) is 0 Å². The summed E-state index contributed by atoms with van der Waals surface area (Å²) in [5, 5.41) is 3.27. The van der Waals surface area contributed by atoms with E-state index in [0.29, 0.717) is 0 Å². The first-order valence-electron chi connectivity index (χ1n) is 7.34. The van der Waals surface area contributed by atoms with E-state index >= 15 is 0 Å². The molecule has 0 spiro atoms. The fourth-order valence-corrected chi connectivity index (χ4v) is 3.01. The predicted octanol–water partition coefficient (Wildman–Crippen LogP) is 2.26. The van der Waals surface area contributed by atoms with Crippen LogP contribution in [0.1, 0.15) is 39.0 Å². The fraction of sp³-hybridized carbons (Fsp3) is 0.643. The Morgan fingerprint density at radius 2 is 2.16 bits per heavy atom. The highest BCUT2D eigenvalue weighted by atomic mass is 15.1. The van der Waals surface area contributed by atoms with Crippen molar-refractivity contribution >= 4 is 17.0 Å². The number of anilines is 1. The van der Waals surface area contributed by atoms with Crippen LogP contribution in [-0.4, -0.2) is 21.5 Å². The Balaban J connectivity index is 1.87. The summed E-state index contributed by atoms with van der Waals surface area (Å²) >= 11 is 0. The molecule has 19 heavy (non-hydrogen) atoms. The van der Waals surface area contributed by atoms with Crippen molar-refractivity contribution in [3.05, 3.63) is 12.7 Å². The van der Waals surface area contributed by atoms with Crippen molar-refractivity contribution in [1.82, 2.24) is 15.0 Å². The van der Waals surface area contributed by atoms with Crippen LogP contribution in [-0.2, 0) is 6.54 Å². The van der Waals surface area contributed by atoms with Crippen LogP contribution in [0.15, 0.2) is 12.7 Å². The Hall–Kier alpha value is -1.65. The van der Waals surface area contributed by atoms with Gasteiger partial charge in [0.1, 0.15) is 0 Å². The second kappa shape index (κ2) is 5.55. The molecule has 0 saturated heterocycles. The first kappa shape index (κ1) is 12.4. The molecule has 0 amide bonds. The number of rotatable bonds is 4. The molecule has 5 nitrogen and oxygen atoms in total. The van der Waals surface area contributed by atoms with E-state index in [1.165, 1.54) is 32.1 Å². The van der Waals surface area contributed by atoms with E-state index < -0.39 is 0 Å². The van der Waals surface area contributed by atoms with Gasteiger partial charge in [-0.2, -0.15) is 0 Å². The molecule has 0 aliphatic heterocycles. The van der Waals surface area contributed by atoms with Gasteiger partial charge in [0.25, 0.3) is 5.65 Å². The van der Waals surface area contributed by atoms with E-state index in [2.05, 4.69) is 31.8 Å². The van der Waals surface area contributed by atoms with Gasteiger partial charge in [0.05, 0.1) is 6.54 Å². The number of hydrogen-bond acceptors (Lipinski definition) is 3. The summed E-state index contributed by atoms with van der Waals surface area (Å²) in [6.45, 7) is 3.99. The minimum absolute atomic E-state index is 0.783. The number of hydrogen-bond donors (Lipinski definition) is 2. The molecule has 3 rings (SSSR count). The lowest BCUT2D eigenvalue weighted by atomic mass is 9.89. The third-order valence-corrected chi connectivity index (χ3v) is 3.98. The quantitative estimate of drug-likeness (QED) is 0.829. The Morgan fingerprint density at radius 3 is 2.95 bits per heavy atom. The molecule has 1 fully saturated rings. The highest BCUT2D eigenvalue weighted by Gasteiger charge is 2.20. The Morgan fingerprint density at radius 1 is 1.32 bits per heavy atom. The summed E-state index contributed by atoms with van der Waals surface area (Å²) in [7, 11) is 0. The van der Waals surface area contributed by atoms with Crippen LogP contribution in [0.3, 0.4) is 0 Å². The normalized spacial score (nSPS) is 16.9. The molecule has 2 heterocycles. The summed E-state index contributed by atoms with van der Waals surface area (Å²) in [4.78, 5) is 12.2. The van der Waals surface area contributed by atoms with Gasteiger partial charge in [0.2, 0.25) is 12.1 Å². The lowest BCUT2D eigenvalue weighted by Crippen LogP contribution is -2.39. The van der Waals surface area contributed by atoms with Crippen LogP contribution in [0, 0.1) is 5.92 Å². The molecule has 0 aromatic carbocycles. The molecule has 1 saturated carbocycles. The maximum absolute atomic E-state index is 4.51. The van der Waals surface area contributed by atoms with Crippen molar-refractivity contribution in [3.8, 4) is 0 Å². The second-order valence-electron chi connectivity index (χ2n) is 5.38. The lowest BCUT2D eigenvalue weighted by Gasteiger charge is -2.20. The zero-order valence-electron chi connectivity index (χ0n) is 11.5. The average Bonchev–Trinajstić information content (AvgIpc) is 2.93. The fourth-order valence-electron chi connectivity index (χ4n) is 3.01. The SMILES string of the molecule is CCNc1nc[n+](CC2CCCCC2)c2nc[nH]c12. The predicted molar refractivity (Wildman–Crippen MR) is 74.8 cm³/mol. The van der Waals surface area contributed by atoms with Gasteiger partial charge in [-0.3, -0.25) is 0 Å². The molecule has 2 aromatic heterocycles. The van der Waals surface area contributed by atoms with Crippen molar-refractivity contribution < 1.29 is 4.57 Å². The highest BCUT2D eigenvalue weighted by molar-refractivity contribution is 5.79. The van der Waals surface area contributed by atoms with Crippen molar-refractivity contribution in [2.75, 3.05) is 11.9 Å². The number of fused-ring (bicyclic) bond motifs is 1. The molecule has 5 heteroatoms. The summed E-state index contributed by atoms with van der Waals surface area (Å²) in [5.74, 6) is 1.68. The van der Waals surface area contributed by atoms with E-state index in [1.54, 1.807) is 6.33 Å². The molecule has 0 atom stereocenters. The van der Waals surface area contributed by atoms with Gasteiger partial charge in [0, 0.05) is 6.54 Å². The summed E-state index contributed by atoms with van der Waals surface area (Å²) in [5.41, 5.74) is 2.02. The van der Waals surface area contributed by atoms with Crippen LogP contribution in [0.4, 0.5) is 5.82 Å². The summed E-state index contributed by atoms with van der Waals surface area (Å²) in [6, 6.07) is 0. The minimum Gasteiger partial charge on any atom is -0.355 e. The zero-order chi connectivity index (χ0) is 13.1. The van der Waals surface area contributed by atoms with E-state index in [-0.39, 0.29) is 0 Å². The molecular formula is C14H22N5+. The number of imidazole rings is 1. The lowest BCUT2D eigenvalue weighted by molar-refractivity contribution is -0.683. The van der Waals surface area contributed by atoms with E-state index in [0.717, 1.165) is 36.0 Å². The summed E-state index contributed by atoms with van der Waals surface area (Å²) < 4.78 is 2.20. The van der Waals surface area contributed by atoms with E-state index in [4.69, 9.17) is 0 Å². The van der Waals surface area contributed by atoms with Crippen molar-refractivity contribution in [2.45, 2.75) is 45.6 Å². The molecular weight excluding hydrogens is 238 g/mol. The molecule has 102 valence electrons. The monoisotopic (exact) mass is 260 g/mol. The number of aromatic amines is 1. The number of aromatic nitrogens is 4. The second-order valence-corrected chi connectivity index (χ2v) is 5.38. The molecule has 1 aliphatic rings. The molecule has 2 aromatic rings. The Bertz CT molecular complexity index is 542. The van der Waals surface area contributed by atoms with Gasteiger partial charge < -0.3 is 10.3 Å². The van der Waals surface area contributed by atoms with Crippen LogP contribution in [0.2, 0.25) is 0 Å². The van der Waals surface area contributed by atoms with Gasteiger partial charge in [-0.15, -0.1) is 0 Å². The molecule has 2 N–H and O–H groups in total. The molecule has 0 bridgehead atoms. The Kier molecular flexibility index (Phi) is 3.62. The first-order valence-corrected chi connectivity index (χ1v) is 7.34. The smallest absolute Gasteiger partial charge is 0.293 e. The van der Waals surface area contributed by atoms with Crippen LogP contribution in [0.25, 0.3) is 11.2 Å². The summed E-state index contributed by atoms with van der Waals surface area (Å²) in [6.07, 6.45) is 10.5. The van der Waals surface area contributed by atoms with E-state index in [9.17, 15) is 0 Å². The topological polar surface area (TPSA) is 57.5 Å². The third kappa shape index (κ3) is 2.55. The van der Waals surface area contributed by atoms with Crippen LogP contribution in [0.5, 0.6) is 0 Å². The number of nitrogens with zero attached hydrogens (tertiary/aromatic N) is 3. The van der Waals surface area contributed by atoms with Gasteiger partial charge in [-0.1, -0.05) is 29.2 Å². The highest BCUT2D eigenvalue weighted by Crippen LogP contribution is 2.24. The largest absolute Gasteiger partial charge is 0.355 e. The maximum atomic E-state index is 4.51. The zero-order valence-corrected chi connectivity index (χ0v) is 11.5. The van der Waals surface area contributed by atoms with Crippen LogP contribution >= 0.6 is 0 Å². The third-order valence-electron chi connectivity index (χ3n) is 3.98. The van der Waals surface area contributed by atoms with E-state index in [1.807, 2.05) is 6.33 Å². The van der Waals surface area contributed by atoms with Crippen molar-refractivity contribution in [1.29, 1.82) is 0 Å². The molecule has 0 unspecified atom stereocenters. The molecule has 1 aliphatic carbocycles. The van der Waals surface area contributed by atoms with Crippen molar-refractivity contribution in [2.24, 2.45) is 5.92 Å². The first-order chi connectivity index (χ1) is 9.38. The van der Waals surface area contributed by atoms with Gasteiger partial charge in [-0.25, -0.2) is 4.57 Å². The standard InChI is InChI=1S/C14H21N5/c1-2-15-13-12-14(17-9-16-12)19(10-18-13)8-11-6-4-3-5-7-11/h9-11H,2-8H2,1H3,(H,15,16,17)/p+1. The minimum atomic E-state index is 0.783. The average molecular weight is 260 g/mol. The van der Waals surface area contributed by atoms with Crippen LogP contribution < -0.4 is 9.88 Å². The number of H-pyrrole nitrogens is 1. The maximum Gasteiger partial charge on any atom is 0.293 e. The van der Waals surface area contributed by atoms with Gasteiger partial charge >= 0.3 is 0 Å².